The van der Waals surface area contributed by atoms with Crippen molar-refractivity contribution in [3.8, 4) is 0 Å². The van der Waals surface area contributed by atoms with Gasteiger partial charge in [-0.2, -0.15) is 0 Å². The van der Waals surface area contributed by atoms with E-state index in [4.69, 9.17) is 23.2 Å². The number of amides is 2. The Hall–Kier alpha value is -2.82. The van der Waals surface area contributed by atoms with E-state index in [1.54, 1.807) is 17.0 Å². The molecule has 6 heteroatoms. The summed E-state index contributed by atoms with van der Waals surface area (Å²) in [7, 11) is 0. The Morgan fingerprint density at radius 2 is 1.47 bits per heavy atom. The number of nitrogens with one attached hydrogen (secondary N) is 1. The highest BCUT2D eigenvalue weighted by molar-refractivity contribution is 6.42. The third-order valence-electron chi connectivity index (χ3n) is 6.49. The van der Waals surface area contributed by atoms with Crippen LogP contribution in [0.1, 0.15) is 63.3 Å². The number of hydrogen-bond acceptors (Lipinski definition) is 2. The minimum atomic E-state index is -0.676. The molecule has 0 fully saturated rings. The fraction of sp³-hybridized carbons (Fsp3) is 0.375. The molecule has 3 aromatic rings. The number of hydrogen-bond donors (Lipinski definition) is 1. The van der Waals surface area contributed by atoms with Crippen molar-refractivity contribution in [2.45, 2.75) is 77.9 Å². The van der Waals surface area contributed by atoms with Crippen molar-refractivity contribution in [2.24, 2.45) is 0 Å². The van der Waals surface area contributed by atoms with E-state index in [9.17, 15) is 9.59 Å². The largest absolute Gasteiger partial charge is 0.352 e. The van der Waals surface area contributed by atoms with Gasteiger partial charge >= 0.3 is 0 Å². The van der Waals surface area contributed by atoms with Crippen LogP contribution in [0.5, 0.6) is 0 Å². The molecule has 0 aromatic heterocycles. The molecule has 0 bridgehead atoms. The third-order valence-corrected chi connectivity index (χ3v) is 7.23. The zero-order chi connectivity index (χ0) is 27.9. The molecule has 0 aliphatic rings. The second-order valence-corrected chi connectivity index (χ2v) is 11.9. The summed E-state index contributed by atoms with van der Waals surface area (Å²) in [6.07, 6.45) is 1.29. The molecule has 4 nitrogen and oxygen atoms in total. The van der Waals surface area contributed by atoms with Gasteiger partial charge in [-0.1, -0.05) is 105 Å². The van der Waals surface area contributed by atoms with Crippen LogP contribution in [0.2, 0.25) is 10.0 Å². The fourth-order valence-electron chi connectivity index (χ4n) is 4.34. The molecule has 2 amide bonds. The normalized spacial score (nSPS) is 12.3. The Balaban J connectivity index is 1.90. The van der Waals surface area contributed by atoms with Crippen molar-refractivity contribution in [3.05, 3.63) is 105 Å². The highest BCUT2D eigenvalue weighted by Gasteiger charge is 2.30. The first-order chi connectivity index (χ1) is 17.9. The van der Waals surface area contributed by atoms with Gasteiger partial charge in [-0.3, -0.25) is 9.59 Å². The van der Waals surface area contributed by atoms with Gasteiger partial charge in [0, 0.05) is 25.4 Å². The third kappa shape index (κ3) is 8.61. The Morgan fingerprint density at radius 3 is 2.05 bits per heavy atom. The lowest BCUT2D eigenvalue weighted by atomic mass is 9.86. The first-order valence-electron chi connectivity index (χ1n) is 13.1. The molecule has 0 aliphatic carbocycles. The molecule has 202 valence electrons. The minimum Gasteiger partial charge on any atom is -0.352 e. The summed E-state index contributed by atoms with van der Waals surface area (Å²) in [6, 6.07) is 22.8. The summed E-state index contributed by atoms with van der Waals surface area (Å²) in [5.41, 5.74) is 4.22. The number of benzene rings is 3. The van der Waals surface area contributed by atoms with Crippen LogP contribution < -0.4 is 5.32 Å². The van der Waals surface area contributed by atoms with Crippen LogP contribution in [0.25, 0.3) is 0 Å². The predicted octanol–water partition coefficient (Wildman–Crippen LogP) is 7.39. The molecule has 1 N–H and O–H groups in total. The number of rotatable bonds is 10. The Bertz CT molecular complexity index is 1220. The van der Waals surface area contributed by atoms with Crippen LogP contribution in [0.4, 0.5) is 0 Å². The maximum atomic E-state index is 13.8. The van der Waals surface area contributed by atoms with Gasteiger partial charge in [0.1, 0.15) is 6.04 Å². The lowest BCUT2D eigenvalue weighted by Gasteiger charge is -2.32. The fourth-order valence-corrected chi connectivity index (χ4v) is 4.66. The molecule has 0 radical (unpaired) electrons. The smallest absolute Gasteiger partial charge is 0.243 e. The summed E-state index contributed by atoms with van der Waals surface area (Å²) < 4.78 is 0. The topological polar surface area (TPSA) is 49.4 Å². The van der Waals surface area contributed by atoms with Crippen LogP contribution >= 0.6 is 23.2 Å². The number of halogens is 2. The molecule has 0 heterocycles. The van der Waals surface area contributed by atoms with Crippen LogP contribution in [-0.4, -0.2) is 28.8 Å². The SMILES string of the molecule is CC(C)NC(=O)[C@@H](Cc1ccccc1)N(Cc1ccc(Cl)c(Cl)c1)C(=O)CCc1ccc(C(C)(C)C)cc1. The number of nitrogens with zero attached hydrogens (tertiary/aromatic N) is 1. The summed E-state index contributed by atoms with van der Waals surface area (Å²) in [5, 5.41) is 3.89. The number of carbonyl (C=O) groups is 2. The molecule has 0 aliphatic heterocycles. The molecule has 0 unspecified atom stereocenters. The summed E-state index contributed by atoms with van der Waals surface area (Å²) in [4.78, 5) is 29.0. The van der Waals surface area contributed by atoms with E-state index in [0.29, 0.717) is 22.9 Å². The van der Waals surface area contributed by atoms with Crippen LogP contribution in [-0.2, 0) is 34.4 Å². The van der Waals surface area contributed by atoms with Crippen LogP contribution in [0.15, 0.2) is 72.8 Å². The first-order valence-corrected chi connectivity index (χ1v) is 13.9. The predicted molar refractivity (Wildman–Crippen MR) is 158 cm³/mol. The van der Waals surface area contributed by atoms with E-state index in [1.807, 2.05) is 50.2 Å². The van der Waals surface area contributed by atoms with Crippen molar-refractivity contribution in [1.29, 1.82) is 0 Å². The second-order valence-electron chi connectivity index (χ2n) is 11.1. The number of carbonyl (C=O) groups excluding carboxylic acids is 2. The van der Waals surface area contributed by atoms with Crippen molar-refractivity contribution in [3.63, 3.8) is 0 Å². The van der Waals surface area contributed by atoms with Crippen LogP contribution in [0, 0.1) is 0 Å². The minimum absolute atomic E-state index is 0.0518. The van der Waals surface area contributed by atoms with Gasteiger partial charge in [-0.15, -0.1) is 0 Å². The van der Waals surface area contributed by atoms with Gasteiger partial charge in [0.05, 0.1) is 10.0 Å². The first kappa shape index (κ1) is 29.7. The zero-order valence-corrected chi connectivity index (χ0v) is 24.4. The van der Waals surface area contributed by atoms with Crippen molar-refractivity contribution in [2.75, 3.05) is 0 Å². The Morgan fingerprint density at radius 1 is 0.842 bits per heavy atom. The van der Waals surface area contributed by atoms with Crippen molar-refractivity contribution in [1.82, 2.24) is 10.2 Å². The molecule has 0 saturated carbocycles. The molecular weight excluding hydrogens is 515 g/mol. The number of aryl methyl sites for hydroxylation is 1. The van der Waals surface area contributed by atoms with Gasteiger partial charge in [0.25, 0.3) is 0 Å². The maximum absolute atomic E-state index is 13.8. The highest BCUT2D eigenvalue weighted by atomic mass is 35.5. The van der Waals surface area contributed by atoms with E-state index in [-0.39, 0.29) is 36.2 Å². The van der Waals surface area contributed by atoms with E-state index >= 15 is 0 Å². The van der Waals surface area contributed by atoms with E-state index in [1.165, 1.54) is 5.56 Å². The van der Waals surface area contributed by atoms with Gasteiger partial charge in [0.15, 0.2) is 0 Å². The molecule has 3 aromatic carbocycles. The van der Waals surface area contributed by atoms with Crippen molar-refractivity contribution >= 4 is 35.0 Å². The lowest BCUT2D eigenvalue weighted by Crippen LogP contribution is -2.51. The van der Waals surface area contributed by atoms with Crippen molar-refractivity contribution < 1.29 is 9.59 Å². The molecule has 0 saturated heterocycles. The quantitative estimate of drug-likeness (QED) is 0.285. The molecular formula is C32H38Cl2N2O2. The average Bonchev–Trinajstić information content (AvgIpc) is 2.86. The lowest BCUT2D eigenvalue weighted by molar-refractivity contribution is -0.141. The van der Waals surface area contributed by atoms with Crippen LogP contribution in [0.3, 0.4) is 0 Å². The highest BCUT2D eigenvalue weighted by Crippen LogP contribution is 2.25. The van der Waals surface area contributed by atoms with E-state index < -0.39 is 6.04 Å². The Kier molecular flexibility index (Phi) is 10.4. The van der Waals surface area contributed by atoms with Gasteiger partial charge < -0.3 is 10.2 Å². The van der Waals surface area contributed by atoms with Gasteiger partial charge in [0.2, 0.25) is 11.8 Å². The summed E-state index contributed by atoms with van der Waals surface area (Å²) in [5.74, 6) is -0.261. The molecule has 3 rings (SSSR count). The monoisotopic (exact) mass is 552 g/mol. The second kappa shape index (κ2) is 13.3. The summed E-state index contributed by atoms with van der Waals surface area (Å²) >= 11 is 12.4. The molecule has 38 heavy (non-hydrogen) atoms. The van der Waals surface area contributed by atoms with Gasteiger partial charge in [-0.05, 0) is 60.1 Å². The average molecular weight is 554 g/mol. The Labute approximate surface area is 237 Å². The standard InChI is InChI=1S/C32H38Cl2N2O2/c1-22(2)35-31(38)29(20-24-9-7-6-8-10-24)36(21-25-13-17-27(33)28(34)19-25)30(37)18-14-23-11-15-26(16-12-23)32(3,4)5/h6-13,15-17,19,22,29H,14,18,20-21H2,1-5H3,(H,35,38)/t29-/m1/s1. The van der Waals surface area contributed by atoms with E-state index in [0.717, 1.165) is 16.7 Å². The maximum Gasteiger partial charge on any atom is 0.243 e. The zero-order valence-electron chi connectivity index (χ0n) is 22.9. The summed E-state index contributed by atoms with van der Waals surface area (Å²) in [6.45, 7) is 10.6. The van der Waals surface area contributed by atoms with Gasteiger partial charge in [-0.25, -0.2) is 0 Å². The van der Waals surface area contributed by atoms with E-state index in [2.05, 4.69) is 50.4 Å². The molecule has 1 atom stereocenters. The molecule has 0 spiro atoms.